The van der Waals surface area contributed by atoms with E-state index < -0.39 is 53.1 Å². The van der Waals surface area contributed by atoms with Crippen molar-refractivity contribution in [3.8, 4) is 5.75 Å². The first-order valence-corrected chi connectivity index (χ1v) is 16.8. The average Bonchev–Trinajstić information content (AvgIpc) is 3.51. The number of alkyl halides is 6. The van der Waals surface area contributed by atoms with E-state index >= 15 is 0 Å². The Balaban J connectivity index is 1.57. The Labute approximate surface area is 307 Å². The lowest BCUT2D eigenvalue weighted by Crippen LogP contribution is -2.53. The fourth-order valence-electron chi connectivity index (χ4n) is 5.69. The first-order valence-electron chi connectivity index (χ1n) is 16.0. The van der Waals surface area contributed by atoms with Gasteiger partial charge in [0.2, 0.25) is 5.90 Å². The summed E-state index contributed by atoms with van der Waals surface area (Å²) < 4.78 is 93.9. The highest BCUT2D eigenvalue weighted by atomic mass is 79.9. The molecule has 4 aromatic rings. The summed E-state index contributed by atoms with van der Waals surface area (Å²) >= 11 is 3.53. The third-order valence-electron chi connectivity index (χ3n) is 8.24. The second-order valence-corrected chi connectivity index (χ2v) is 12.7. The lowest BCUT2D eigenvalue weighted by atomic mass is 9.81. The van der Waals surface area contributed by atoms with Gasteiger partial charge in [-0.1, -0.05) is 63.5 Å². The van der Waals surface area contributed by atoms with Crippen LogP contribution in [0.3, 0.4) is 0 Å². The number of aliphatic imine (C=N–C) groups is 1. The Bertz CT molecular complexity index is 1970. The summed E-state index contributed by atoms with van der Waals surface area (Å²) in [7, 11) is 0. The maximum atomic E-state index is 14.6. The molecular weight excluding hydrogens is 774 g/mol. The number of benzene rings is 4. The van der Waals surface area contributed by atoms with Gasteiger partial charge in [0.15, 0.2) is 11.6 Å². The monoisotopic (exact) mass is 804 g/mol. The minimum atomic E-state index is -5.06. The summed E-state index contributed by atoms with van der Waals surface area (Å²) in [6, 6.07) is 21.6. The number of nitrogens with one attached hydrogen (secondary N) is 2. The van der Waals surface area contributed by atoms with Crippen molar-refractivity contribution in [2.45, 2.75) is 49.9 Å². The Morgan fingerprint density at radius 3 is 2.23 bits per heavy atom. The van der Waals surface area contributed by atoms with Gasteiger partial charge in [-0.05, 0) is 70.8 Å². The van der Waals surface area contributed by atoms with Gasteiger partial charge in [0.05, 0.1) is 24.3 Å². The molecule has 5 rings (SSSR count). The van der Waals surface area contributed by atoms with E-state index in [-0.39, 0.29) is 38.1 Å². The zero-order chi connectivity index (χ0) is 38.2. The van der Waals surface area contributed by atoms with Crippen molar-refractivity contribution in [3.63, 3.8) is 0 Å². The second kappa shape index (κ2) is 16.7. The Morgan fingerprint density at radius 2 is 1.60 bits per heavy atom. The van der Waals surface area contributed by atoms with Gasteiger partial charge in [-0.25, -0.2) is 10.4 Å². The van der Waals surface area contributed by atoms with Crippen molar-refractivity contribution >= 4 is 27.7 Å². The highest BCUT2D eigenvalue weighted by Gasteiger charge is 2.54. The molecule has 4 aromatic carbocycles. The number of aliphatic hydroxyl groups excluding tert-OH is 1. The van der Waals surface area contributed by atoms with Gasteiger partial charge in [0.1, 0.15) is 5.75 Å². The summed E-state index contributed by atoms with van der Waals surface area (Å²) in [4.78, 5) is 22.3. The summed E-state index contributed by atoms with van der Waals surface area (Å²) in [5.41, 5.74) is 10.8. The molecule has 0 fully saturated rings. The van der Waals surface area contributed by atoms with Crippen LogP contribution in [0.5, 0.6) is 5.75 Å². The van der Waals surface area contributed by atoms with Crippen molar-refractivity contribution in [3.05, 3.63) is 145 Å². The smallest absolute Gasteiger partial charge is 0.416 e. The number of nitrogens with zero attached hydrogens (tertiary/aromatic N) is 4. The third-order valence-corrected chi connectivity index (χ3v) is 8.96. The predicted octanol–water partition coefficient (Wildman–Crippen LogP) is 8.38. The maximum absolute atomic E-state index is 14.6. The molecule has 3 N–H and O–H groups in total. The summed E-state index contributed by atoms with van der Waals surface area (Å²) in [5.74, 6) is -0.256. The number of ether oxygens (including phenoxy) is 2. The van der Waals surface area contributed by atoms with Crippen molar-refractivity contribution in [2.75, 3.05) is 13.2 Å². The maximum Gasteiger partial charge on any atom is 0.416 e. The lowest BCUT2D eigenvalue weighted by Gasteiger charge is -2.32. The molecule has 1 aliphatic heterocycles. The molecule has 0 saturated carbocycles. The molecule has 53 heavy (non-hydrogen) atoms. The molecule has 10 nitrogen and oxygen atoms in total. The number of azide groups is 1. The fraction of sp³-hybridized carbons (Fsp3) is 0.278. The first kappa shape index (κ1) is 39.1. The number of rotatable bonds is 14. The molecule has 17 heteroatoms. The van der Waals surface area contributed by atoms with E-state index in [1.165, 1.54) is 0 Å². The van der Waals surface area contributed by atoms with Crippen LogP contribution in [-0.4, -0.2) is 35.7 Å². The number of hydrogen-bond acceptors (Lipinski definition) is 7. The minimum absolute atomic E-state index is 0.0209. The van der Waals surface area contributed by atoms with E-state index in [1.54, 1.807) is 72.8 Å². The quantitative estimate of drug-likeness (QED) is 0.0293. The van der Waals surface area contributed by atoms with Gasteiger partial charge in [0, 0.05) is 46.5 Å². The highest BCUT2D eigenvalue weighted by Crippen LogP contribution is 2.45. The molecule has 0 unspecified atom stereocenters. The Kier molecular flexibility index (Phi) is 12.3. The number of hydrogen-bond donors (Lipinski definition) is 3. The van der Waals surface area contributed by atoms with Crippen LogP contribution in [0.15, 0.2) is 106 Å². The summed E-state index contributed by atoms with van der Waals surface area (Å²) in [6.45, 7) is -0.439. The Morgan fingerprint density at radius 1 is 0.962 bits per heavy atom. The molecule has 0 radical (unpaired) electrons. The number of carbonyl (C=O) groups excluding carboxylic acids is 1. The van der Waals surface area contributed by atoms with Crippen molar-refractivity contribution in [1.29, 1.82) is 0 Å². The molecule has 1 aliphatic rings. The standard InChI is InChI=1S/C36H31BrF6N6O4/c37-30-9-4-3-8-29(30)31-34(19-24-6-1-2-7-25(24)21-46-49-44,47-32(53-31)23-10-12-28(13-11-23)52-15-5-14-50)33(51)48-45-20-22-16-26(35(38,39)40)18-27(17-22)36(41,42)43/h1-4,6-13,16-18,31,45,50H,5,14-15,19-21H2,(H,48,51)/t31-,34-/m0/s1. The SMILES string of the molecule is [N-]=[N+]=NCc1ccccc1C[C@]1(C(=O)NNCc2cc(C(F)(F)F)cc(C(F)(F)F)c2)N=C(c2ccc(OCCCO)cc2)O[C@H]1c1ccccc1Br. The highest BCUT2D eigenvalue weighted by molar-refractivity contribution is 9.10. The van der Waals surface area contributed by atoms with Gasteiger partial charge < -0.3 is 14.6 Å². The van der Waals surface area contributed by atoms with Crippen LogP contribution < -0.4 is 15.6 Å². The summed E-state index contributed by atoms with van der Waals surface area (Å²) in [6.07, 6.45) is -11.0. The Hall–Kier alpha value is -5.09. The van der Waals surface area contributed by atoms with Gasteiger partial charge in [-0.2, -0.15) is 26.3 Å². The topological polar surface area (TPSA) is 141 Å². The van der Waals surface area contributed by atoms with Crippen LogP contribution in [0.2, 0.25) is 0 Å². The number of carbonyl (C=O) groups is 1. The number of aliphatic hydroxyl groups is 1. The third kappa shape index (κ3) is 9.48. The van der Waals surface area contributed by atoms with Gasteiger partial charge >= 0.3 is 12.4 Å². The first-order chi connectivity index (χ1) is 25.2. The van der Waals surface area contributed by atoms with E-state index in [1.807, 2.05) is 0 Å². The van der Waals surface area contributed by atoms with Crippen LogP contribution in [-0.2, 0) is 41.4 Å². The van der Waals surface area contributed by atoms with Crippen molar-refractivity contribution < 1.29 is 45.7 Å². The molecule has 1 heterocycles. The van der Waals surface area contributed by atoms with E-state index in [4.69, 9.17) is 25.1 Å². The molecule has 0 saturated heterocycles. The average molecular weight is 806 g/mol. The molecule has 1 amide bonds. The van der Waals surface area contributed by atoms with Crippen LogP contribution in [0, 0.1) is 0 Å². The van der Waals surface area contributed by atoms with Crippen LogP contribution >= 0.6 is 15.9 Å². The van der Waals surface area contributed by atoms with Crippen LogP contribution in [0.25, 0.3) is 10.4 Å². The molecule has 278 valence electrons. The van der Waals surface area contributed by atoms with Crippen LogP contribution in [0.4, 0.5) is 26.3 Å². The van der Waals surface area contributed by atoms with E-state index in [0.717, 1.165) is 0 Å². The lowest BCUT2D eigenvalue weighted by molar-refractivity contribution is -0.143. The molecular formula is C36H31BrF6N6O4. The minimum Gasteiger partial charge on any atom is -0.494 e. The van der Waals surface area contributed by atoms with E-state index in [0.29, 0.717) is 51.0 Å². The molecule has 0 aromatic heterocycles. The molecule has 0 bridgehead atoms. The van der Waals surface area contributed by atoms with Gasteiger partial charge in [-0.3, -0.25) is 10.2 Å². The molecule has 0 aliphatic carbocycles. The van der Waals surface area contributed by atoms with Crippen molar-refractivity contribution in [1.82, 2.24) is 10.9 Å². The zero-order valence-electron chi connectivity index (χ0n) is 27.6. The van der Waals surface area contributed by atoms with Gasteiger partial charge in [-0.15, -0.1) is 0 Å². The zero-order valence-corrected chi connectivity index (χ0v) is 29.2. The fourth-order valence-corrected chi connectivity index (χ4v) is 6.18. The normalized spacial score (nSPS) is 17.1. The molecule has 2 atom stereocenters. The largest absolute Gasteiger partial charge is 0.494 e. The summed E-state index contributed by atoms with van der Waals surface area (Å²) in [5, 5.41) is 12.7. The number of halogens is 7. The molecule has 0 spiro atoms. The van der Waals surface area contributed by atoms with Crippen LogP contribution in [0.1, 0.15) is 51.5 Å². The predicted molar refractivity (Wildman–Crippen MR) is 185 cm³/mol. The van der Waals surface area contributed by atoms with E-state index in [2.05, 4.69) is 36.8 Å². The van der Waals surface area contributed by atoms with E-state index in [9.17, 15) is 31.1 Å². The number of amides is 1. The van der Waals surface area contributed by atoms with Gasteiger partial charge in [0.25, 0.3) is 5.91 Å². The number of hydrazine groups is 1. The second-order valence-electron chi connectivity index (χ2n) is 11.9. The van der Waals surface area contributed by atoms with Crippen molar-refractivity contribution in [2.24, 2.45) is 10.1 Å².